The van der Waals surface area contributed by atoms with Crippen molar-refractivity contribution >= 4 is 5.69 Å². The van der Waals surface area contributed by atoms with Gasteiger partial charge in [-0.05, 0) is 18.6 Å². The molecule has 2 N–H and O–H groups in total. The Morgan fingerprint density at radius 3 is 2.11 bits per heavy atom. The predicted molar refractivity (Wildman–Crippen MR) is 70.6 cm³/mol. The Labute approximate surface area is 108 Å². The van der Waals surface area contributed by atoms with E-state index < -0.39 is 0 Å². The molecule has 0 fully saturated rings. The summed E-state index contributed by atoms with van der Waals surface area (Å²) in [6, 6.07) is 3.34. The molecule has 0 amide bonds. The number of methoxy groups -OCH3 is 2. The van der Waals surface area contributed by atoms with Crippen molar-refractivity contribution in [3.63, 3.8) is 0 Å². The quantitative estimate of drug-likeness (QED) is 0.787. The molecule has 0 aliphatic carbocycles. The van der Waals surface area contributed by atoms with Crippen molar-refractivity contribution in [2.75, 3.05) is 39.4 Å². The Bertz CT molecular complexity index is 391. The Kier molecular flexibility index (Phi) is 5.25. The average Bonchev–Trinajstić information content (AvgIpc) is 2.39. The molecule has 0 atom stereocenters. The summed E-state index contributed by atoms with van der Waals surface area (Å²) in [7, 11) is 4.99. The van der Waals surface area contributed by atoms with Gasteiger partial charge in [-0.2, -0.15) is 0 Å². The third-order valence-electron chi connectivity index (χ3n) is 3.05. The minimum Gasteiger partial charge on any atom is -0.496 e. The second-order valence-electron chi connectivity index (χ2n) is 4.12. The fourth-order valence-corrected chi connectivity index (χ4v) is 1.81. The van der Waals surface area contributed by atoms with Gasteiger partial charge in [-0.15, -0.1) is 0 Å². The van der Waals surface area contributed by atoms with E-state index in [2.05, 4.69) is 0 Å². The average molecular weight is 255 g/mol. The van der Waals surface area contributed by atoms with Crippen molar-refractivity contribution in [3.05, 3.63) is 17.7 Å². The number of aryl methyl sites for hydroxylation is 1. The van der Waals surface area contributed by atoms with Crippen LogP contribution >= 0.6 is 0 Å². The van der Waals surface area contributed by atoms with E-state index in [0.717, 1.165) is 17.0 Å². The van der Waals surface area contributed by atoms with Crippen molar-refractivity contribution in [1.29, 1.82) is 0 Å². The fraction of sp³-hybridized carbons (Fsp3) is 0.538. The van der Waals surface area contributed by atoms with Crippen molar-refractivity contribution in [3.8, 4) is 11.5 Å². The molecular formula is C13H21NO4. The first-order valence-corrected chi connectivity index (χ1v) is 5.76. The van der Waals surface area contributed by atoms with Crippen molar-refractivity contribution in [2.24, 2.45) is 0 Å². The zero-order valence-corrected chi connectivity index (χ0v) is 11.3. The Morgan fingerprint density at radius 1 is 1.11 bits per heavy atom. The van der Waals surface area contributed by atoms with Crippen molar-refractivity contribution in [1.82, 2.24) is 0 Å². The first-order chi connectivity index (χ1) is 8.58. The van der Waals surface area contributed by atoms with Gasteiger partial charge < -0.3 is 24.6 Å². The van der Waals surface area contributed by atoms with Gasteiger partial charge in [0.1, 0.15) is 11.5 Å². The maximum absolute atomic E-state index is 9.23. The number of benzene rings is 1. The lowest BCUT2D eigenvalue weighted by Crippen LogP contribution is -2.38. The standard InChI is InChI=1S/C13H21NO4/c1-9-5-13(18-4)11(6-12(9)17-3)14(2)10(7-15)8-16/h5-6,10,15-16H,7-8H2,1-4H3. The van der Waals surface area contributed by atoms with E-state index in [9.17, 15) is 10.2 Å². The number of rotatable bonds is 6. The van der Waals surface area contributed by atoms with Crippen LogP contribution in [0.4, 0.5) is 5.69 Å². The fourth-order valence-electron chi connectivity index (χ4n) is 1.81. The molecule has 1 rings (SSSR count). The Hall–Kier alpha value is -1.46. The maximum Gasteiger partial charge on any atom is 0.142 e. The van der Waals surface area contributed by atoms with Crippen LogP contribution in [0.25, 0.3) is 0 Å². The molecule has 0 unspecified atom stereocenters. The van der Waals surface area contributed by atoms with Gasteiger partial charge in [0, 0.05) is 13.1 Å². The molecule has 0 radical (unpaired) electrons. The van der Waals surface area contributed by atoms with Crippen molar-refractivity contribution in [2.45, 2.75) is 13.0 Å². The van der Waals surface area contributed by atoms with E-state index in [-0.39, 0.29) is 19.3 Å². The third kappa shape index (κ3) is 2.86. The first-order valence-electron chi connectivity index (χ1n) is 5.76. The second-order valence-corrected chi connectivity index (χ2v) is 4.12. The van der Waals surface area contributed by atoms with Gasteiger partial charge in [0.15, 0.2) is 0 Å². The molecule has 102 valence electrons. The highest BCUT2D eigenvalue weighted by Crippen LogP contribution is 2.35. The summed E-state index contributed by atoms with van der Waals surface area (Å²) < 4.78 is 10.6. The topological polar surface area (TPSA) is 62.2 Å². The van der Waals surface area contributed by atoms with Crippen LogP contribution in [-0.4, -0.2) is 50.7 Å². The molecule has 1 aromatic carbocycles. The smallest absolute Gasteiger partial charge is 0.142 e. The highest BCUT2D eigenvalue weighted by atomic mass is 16.5. The normalized spacial score (nSPS) is 10.6. The van der Waals surface area contributed by atoms with Crippen LogP contribution < -0.4 is 14.4 Å². The molecule has 0 saturated heterocycles. The third-order valence-corrected chi connectivity index (χ3v) is 3.05. The minimum atomic E-state index is -0.369. The van der Waals surface area contributed by atoms with Gasteiger partial charge in [-0.25, -0.2) is 0 Å². The summed E-state index contributed by atoms with van der Waals surface area (Å²) >= 11 is 0. The van der Waals surface area contributed by atoms with Gasteiger partial charge in [-0.1, -0.05) is 0 Å². The molecule has 0 aromatic heterocycles. The zero-order chi connectivity index (χ0) is 13.7. The lowest BCUT2D eigenvalue weighted by atomic mass is 10.1. The predicted octanol–water partition coefficient (Wildman–Crippen LogP) is 0.802. The number of nitrogens with zero attached hydrogens (tertiary/aromatic N) is 1. The highest BCUT2D eigenvalue weighted by molar-refractivity contribution is 5.64. The summed E-state index contributed by atoms with van der Waals surface area (Å²) in [5, 5.41) is 18.5. The second kappa shape index (κ2) is 6.47. The summed E-state index contributed by atoms with van der Waals surface area (Å²) in [4.78, 5) is 1.78. The van der Waals surface area contributed by atoms with Crippen LogP contribution in [-0.2, 0) is 0 Å². The lowest BCUT2D eigenvalue weighted by Gasteiger charge is -2.29. The lowest BCUT2D eigenvalue weighted by molar-refractivity contribution is 0.190. The van der Waals surface area contributed by atoms with E-state index in [0.29, 0.717) is 5.75 Å². The van der Waals surface area contributed by atoms with E-state index in [1.165, 1.54) is 0 Å². The number of hydrogen-bond donors (Lipinski definition) is 2. The largest absolute Gasteiger partial charge is 0.496 e. The number of anilines is 1. The molecule has 18 heavy (non-hydrogen) atoms. The summed E-state index contributed by atoms with van der Waals surface area (Å²) in [5.41, 5.74) is 1.74. The van der Waals surface area contributed by atoms with Crippen LogP contribution in [0.2, 0.25) is 0 Å². The molecule has 0 aliphatic heterocycles. The summed E-state index contributed by atoms with van der Waals surface area (Å²) in [6.07, 6.45) is 0. The van der Waals surface area contributed by atoms with E-state index >= 15 is 0 Å². The van der Waals surface area contributed by atoms with E-state index in [1.54, 1.807) is 26.2 Å². The van der Waals surface area contributed by atoms with Crippen molar-refractivity contribution < 1.29 is 19.7 Å². The minimum absolute atomic E-state index is 0.133. The zero-order valence-electron chi connectivity index (χ0n) is 11.3. The first kappa shape index (κ1) is 14.6. The molecule has 1 aromatic rings. The molecular weight excluding hydrogens is 234 g/mol. The number of ether oxygens (including phenoxy) is 2. The Balaban J connectivity index is 3.20. The molecule has 0 spiro atoms. The number of hydrogen-bond acceptors (Lipinski definition) is 5. The highest BCUT2D eigenvalue weighted by Gasteiger charge is 2.18. The Morgan fingerprint density at radius 2 is 1.67 bits per heavy atom. The monoisotopic (exact) mass is 255 g/mol. The summed E-state index contributed by atoms with van der Waals surface area (Å²) in [5.74, 6) is 1.43. The summed E-state index contributed by atoms with van der Waals surface area (Å²) in [6.45, 7) is 1.67. The van der Waals surface area contributed by atoms with Crippen LogP contribution in [0.5, 0.6) is 11.5 Å². The molecule has 0 heterocycles. The van der Waals surface area contributed by atoms with Crippen LogP contribution in [0.1, 0.15) is 5.56 Å². The van der Waals surface area contributed by atoms with Gasteiger partial charge >= 0.3 is 0 Å². The molecule has 0 aliphatic rings. The molecule has 0 bridgehead atoms. The van der Waals surface area contributed by atoms with Crippen LogP contribution in [0.3, 0.4) is 0 Å². The molecule has 5 heteroatoms. The van der Waals surface area contributed by atoms with E-state index in [1.807, 2.05) is 19.1 Å². The molecule has 5 nitrogen and oxygen atoms in total. The van der Waals surface area contributed by atoms with Crippen LogP contribution in [0.15, 0.2) is 12.1 Å². The van der Waals surface area contributed by atoms with Gasteiger partial charge in [0.2, 0.25) is 0 Å². The SMILES string of the molecule is COc1cc(N(C)C(CO)CO)c(OC)cc1C. The van der Waals surface area contributed by atoms with Crippen LogP contribution in [0, 0.1) is 6.92 Å². The van der Waals surface area contributed by atoms with Gasteiger partial charge in [0.05, 0.1) is 39.2 Å². The molecule has 0 saturated carbocycles. The maximum atomic E-state index is 9.23. The number of aliphatic hydroxyl groups is 2. The van der Waals surface area contributed by atoms with Gasteiger partial charge in [0.25, 0.3) is 0 Å². The number of likely N-dealkylation sites (N-methyl/N-ethyl adjacent to an activating group) is 1. The van der Waals surface area contributed by atoms with Gasteiger partial charge in [-0.3, -0.25) is 0 Å². The van der Waals surface area contributed by atoms with E-state index in [4.69, 9.17) is 9.47 Å². The number of aliphatic hydroxyl groups excluding tert-OH is 2.